The van der Waals surface area contributed by atoms with Crippen LogP contribution in [-0.2, 0) is 10.1 Å². The van der Waals surface area contributed by atoms with Gasteiger partial charge in [-0.25, -0.2) is 0 Å². The van der Waals surface area contributed by atoms with Crippen LogP contribution in [0.2, 0.25) is 0 Å². The Morgan fingerprint density at radius 2 is 1.04 bits per heavy atom. The molecule has 2 atom stereocenters. The second-order valence-electron chi connectivity index (χ2n) is 7.13. The molecule has 24 heavy (non-hydrogen) atoms. The fourth-order valence-corrected chi connectivity index (χ4v) is 4.05. The highest BCUT2D eigenvalue weighted by atomic mass is 32.2. The van der Waals surface area contributed by atoms with Gasteiger partial charge in [0.15, 0.2) is 0 Å². The van der Waals surface area contributed by atoms with Gasteiger partial charge in [0.2, 0.25) is 0 Å². The van der Waals surface area contributed by atoms with Crippen LogP contribution in [0.25, 0.3) is 0 Å². The van der Waals surface area contributed by atoms with Gasteiger partial charge in [-0.1, -0.05) is 84.5 Å². The Balaban J connectivity index is 3.86. The first kappa shape index (κ1) is 23.9. The molecule has 0 aromatic carbocycles. The summed E-state index contributed by atoms with van der Waals surface area (Å²) in [5.74, 6) is 0. The smallest absolute Gasteiger partial charge is 0.267 e. The summed E-state index contributed by atoms with van der Waals surface area (Å²) in [6, 6.07) is 0. The van der Waals surface area contributed by atoms with Crippen molar-refractivity contribution in [2.75, 3.05) is 0 Å². The van der Waals surface area contributed by atoms with E-state index in [0.717, 1.165) is 51.4 Å². The Bertz CT molecular complexity index is 368. The molecule has 0 aliphatic carbocycles. The highest BCUT2D eigenvalue weighted by Crippen LogP contribution is 2.19. The molecule has 0 saturated heterocycles. The molecule has 0 aliphatic rings. The highest BCUT2D eigenvalue weighted by molar-refractivity contribution is 7.86. The summed E-state index contributed by atoms with van der Waals surface area (Å²) in [6.07, 6.45) is 14.0. The normalized spacial score (nSPS) is 14.7. The minimum absolute atomic E-state index is 0.264. The van der Waals surface area contributed by atoms with Crippen LogP contribution < -0.4 is 0 Å². The van der Waals surface area contributed by atoms with E-state index in [1.165, 1.54) is 32.1 Å². The van der Waals surface area contributed by atoms with Gasteiger partial charge >= 0.3 is 0 Å². The fourth-order valence-electron chi connectivity index (χ4n) is 3.12. The van der Waals surface area contributed by atoms with Crippen molar-refractivity contribution in [1.82, 2.24) is 0 Å². The Kier molecular flexibility index (Phi) is 15.1. The van der Waals surface area contributed by atoms with Gasteiger partial charge in [-0.15, -0.1) is 0 Å². The van der Waals surface area contributed by atoms with E-state index in [9.17, 15) is 18.1 Å². The molecule has 5 heteroatoms. The topological polar surface area (TPSA) is 74.6 Å². The second kappa shape index (κ2) is 15.2. The van der Waals surface area contributed by atoms with Crippen molar-refractivity contribution in [3.63, 3.8) is 0 Å². The molecular formula is C19H40O4S. The lowest BCUT2D eigenvalue weighted by atomic mass is 10.0. The summed E-state index contributed by atoms with van der Waals surface area (Å²) in [4.78, 5) is 0. The molecule has 0 aromatic rings. The Morgan fingerprint density at radius 3 is 1.54 bits per heavy atom. The summed E-state index contributed by atoms with van der Waals surface area (Å²) in [5.41, 5.74) is 0. The predicted molar refractivity (Wildman–Crippen MR) is 102 cm³/mol. The lowest BCUT2D eigenvalue weighted by Gasteiger charge is -2.15. The maximum atomic E-state index is 11.5. The van der Waals surface area contributed by atoms with E-state index in [1.807, 2.05) is 0 Å². The van der Waals surface area contributed by atoms with E-state index >= 15 is 0 Å². The molecule has 0 bridgehead atoms. The van der Waals surface area contributed by atoms with Crippen molar-refractivity contribution in [1.29, 1.82) is 0 Å². The molecule has 0 spiro atoms. The maximum Gasteiger partial charge on any atom is 0.267 e. The molecule has 0 heterocycles. The standard InChI is InChI=1S/C19H40O4S/c1-3-5-7-9-11-16-19(24(21,22)23)17-13-12-15-18(20)14-10-8-6-4-2/h18-20H,3-17H2,1-2H3,(H,21,22,23). The Hall–Kier alpha value is -0.130. The average Bonchev–Trinajstić information content (AvgIpc) is 2.52. The van der Waals surface area contributed by atoms with E-state index in [0.29, 0.717) is 12.8 Å². The molecule has 0 amide bonds. The molecule has 0 rings (SSSR count). The summed E-state index contributed by atoms with van der Waals surface area (Å²) in [6.45, 7) is 4.32. The SMILES string of the molecule is CCCCCCCC(CCCCC(O)CCCCCC)S(=O)(=O)O. The zero-order chi connectivity index (χ0) is 18.3. The van der Waals surface area contributed by atoms with Crippen LogP contribution in [0.15, 0.2) is 0 Å². The van der Waals surface area contributed by atoms with Crippen LogP contribution in [0.4, 0.5) is 0 Å². The summed E-state index contributed by atoms with van der Waals surface area (Å²) in [7, 11) is -3.94. The summed E-state index contributed by atoms with van der Waals surface area (Å²) < 4.78 is 32.4. The highest BCUT2D eigenvalue weighted by Gasteiger charge is 2.22. The first-order chi connectivity index (χ1) is 11.4. The lowest BCUT2D eigenvalue weighted by molar-refractivity contribution is 0.147. The zero-order valence-electron chi connectivity index (χ0n) is 15.9. The van der Waals surface area contributed by atoms with Gasteiger partial charge in [0.25, 0.3) is 10.1 Å². The van der Waals surface area contributed by atoms with Crippen molar-refractivity contribution in [2.45, 2.75) is 122 Å². The molecule has 0 saturated carbocycles. The largest absolute Gasteiger partial charge is 0.393 e. The maximum absolute atomic E-state index is 11.5. The fraction of sp³-hybridized carbons (Fsp3) is 1.00. The van der Waals surface area contributed by atoms with E-state index in [-0.39, 0.29) is 6.10 Å². The van der Waals surface area contributed by atoms with Crippen LogP contribution in [0.3, 0.4) is 0 Å². The van der Waals surface area contributed by atoms with Crippen molar-refractivity contribution in [2.24, 2.45) is 0 Å². The number of rotatable bonds is 17. The van der Waals surface area contributed by atoms with Gasteiger partial charge in [0, 0.05) is 0 Å². The van der Waals surface area contributed by atoms with Crippen LogP contribution >= 0.6 is 0 Å². The van der Waals surface area contributed by atoms with Crippen molar-refractivity contribution in [3.8, 4) is 0 Å². The molecule has 0 radical (unpaired) electrons. The number of aliphatic hydroxyl groups is 1. The third-order valence-corrected chi connectivity index (χ3v) is 6.07. The monoisotopic (exact) mass is 364 g/mol. The van der Waals surface area contributed by atoms with Crippen molar-refractivity contribution < 1.29 is 18.1 Å². The first-order valence-electron chi connectivity index (χ1n) is 10.1. The van der Waals surface area contributed by atoms with Gasteiger partial charge < -0.3 is 5.11 Å². The lowest BCUT2D eigenvalue weighted by Crippen LogP contribution is -2.20. The van der Waals surface area contributed by atoms with E-state index < -0.39 is 15.4 Å². The molecule has 2 unspecified atom stereocenters. The number of hydrogen-bond donors (Lipinski definition) is 2. The van der Waals surface area contributed by atoms with Crippen molar-refractivity contribution in [3.05, 3.63) is 0 Å². The van der Waals surface area contributed by atoms with E-state index in [2.05, 4.69) is 13.8 Å². The number of unbranched alkanes of at least 4 members (excludes halogenated alkanes) is 8. The zero-order valence-corrected chi connectivity index (χ0v) is 16.7. The molecule has 4 nitrogen and oxygen atoms in total. The van der Waals surface area contributed by atoms with Crippen LogP contribution in [0.1, 0.15) is 110 Å². The molecule has 2 N–H and O–H groups in total. The minimum Gasteiger partial charge on any atom is -0.393 e. The van der Waals surface area contributed by atoms with Crippen molar-refractivity contribution >= 4 is 10.1 Å². The Morgan fingerprint density at radius 1 is 0.667 bits per heavy atom. The first-order valence-corrected chi connectivity index (χ1v) is 11.6. The van der Waals surface area contributed by atoms with E-state index in [1.54, 1.807) is 0 Å². The summed E-state index contributed by atoms with van der Waals surface area (Å²) in [5, 5.41) is 9.31. The Labute approximate surface area is 150 Å². The van der Waals surface area contributed by atoms with Crippen LogP contribution in [0, 0.1) is 0 Å². The second-order valence-corrected chi connectivity index (χ2v) is 8.82. The van der Waals surface area contributed by atoms with E-state index in [4.69, 9.17) is 0 Å². The minimum atomic E-state index is -3.94. The third kappa shape index (κ3) is 14.2. The van der Waals surface area contributed by atoms with Gasteiger partial charge in [-0.05, 0) is 25.7 Å². The van der Waals surface area contributed by atoms with Gasteiger partial charge in [-0.2, -0.15) is 8.42 Å². The van der Waals surface area contributed by atoms with Crippen LogP contribution in [-0.4, -0.2) is 29.4 Å². The third-order valence-electron chi connectivity index (χ3n) is 4.76. The van der Waals surface area contributed by atoms with Crippen LogP contribution in [0.5, 0.6) is 0 Å². The molecule has 0 fully saturated rings. The van der Waals surface area contributed by atoms with Gasteiger partial charge in [0.05, 0.1) is 11.4 Å². The predicted octanol–water partition coefficient (Wildman–Crippen LogP) is 5.50. The number of aliphatic hydroxyl groups excluding tert-OH is 1. The molecule has 0 aliphatic heterocycles. The summed E-state index contributed by atoms with van der Waals surface area (Å²) >= 11 is 0. The quantitative estimate of drug-likeness (QED) is 0.264. The molecular weight excluding hydrogens is 324 g/mol. The van der Waals surface area contributed by atoms with Gasteiger partial charge in [0.1, 0.15) is 0 Å². The molecule has 146 valence electrons. The van der Waals surface area contributed by atoms with Gasteiger partial charge in [-0.3, -0.25) is 4.55 Å². The molecule has 0 aromatic heterocycles. The number of hydrogen-bond acceptors (Lipinski definition) is 3. The average molecular weight is 365 g/mol.